The molecule has 1 aromatic heterocycles. The average molecular weight is 321 g/mol. The molecule has 0 aliphatic heterocycles. The van der Waals surface area contributed by atoms with Crippen LogP contribution < -0.4 is 11.3 Å². The third-order valence-corrected chi connectivity index (χ3v) is 4.59. The molecular formula is C15H17BrN2O. The van der Waals surface area contributed by atoms with Gasteiger partial charge in [0.25, 0.3) is 0 Å². The summed E-state index contributed by atoms with van der Waals surface area (Å²) < 4.78 is 6.03. The molecule has 0 bridgehead atoms. The highest BCUT2D eigenvalue weighted by Gasteiger charge is 2.22. The predicted molar refractivity (Wildman–Crippen MR) is 78.6 cm³/mol. The minimum Gasteiger partial charge on any atom is -0.457 e. The highest BCUT2D eigenvalue weighted by atomic mass is 79.9. The summed E-state index contributed by atoms with van der Waals surface area (Å²) in [6, 6.07) is 10.6. The van der Waals surface area contributed by atoms with E-state index in [0.29, 0.717) is 0 Å². The first-order valence-electron chi connectivity index (χ1n) is 6.58. The molecule has 2 aromatic rings. The number of benzene rings is 1. The maximum absolute atomic E-state index is 5.73. The van der Waals surface area contributed by atoms with Crippen molar-refractivity contribution in [1.82, 2.24) is 5.43 Å². The van der Waals surface area contributed by atoms with Crippen LogP contribution >= 0.6 is 15.9 Å². The van der Waals surface area contributed by atoms with E-state index in [4.69, 9.17) is 10.3 Å². The van der Waals surface area contributed by atoms with Gasteiger partial charge in [-0.1, -0.05) is 30.7 Å². The second-order valence-corrected chi connectivity index (χ2v) is 5.77. The number of hydrogen-bond acceptors (Lipinski definition) is 3. The molecular weight excluding hydrogens is 304 g/mol. The molecule has 1 atom stereocenters. The summed E-state index contributed by atoms with van der Waals surface area (Å²) in [6.45, 7) is 0. The van der Waals surface area contributed by atoms with Crippen molar-refractivity contribution in [2.45, 2.75) is 31.2 Å². The third-order valence-electron chi connectivity index (χ3n) is 3.94. The average Bonchev–Trinajstić information content (AvgIpc) is 2.75. The fourth-order valence-corrected chi connectivity index (χ4v) is 3.08. The Morgan fingerprint density at radius 3 is 2.74 bits per heavy atom. The first kappa shape index (κ1) is 12.9. The molecule has 100 valence electrons. The first-order chi connectivity index (χ1) is 9.29. The largest absolute Gasteiger partial charge is 0.457 e. The van der Waals surface area contributed by atoms with Gasteiger partial charge in [0.1, 0.15) is 0 Å². The van der Waals surface area contributed by atoms with Crippen LogP contribution in [0.15, 0.2) is 45.7 Å². The molecule has 3 rings (SSSR count). The van der Waals surface area contributed by atoms with Crippen molar-refractivity contribution in [2.75, 3.05) is 0 Å². The standard InChI is InChI=1S/C15H17BrN2O/c16-15-13(7-8-19-15)14(18-17)12-6-2-5-11(9-12)10-3-1-4-10/h2,5-10,14,18H,1,3-4,17H2. The molecule has 1 aliphatic rings. The van der Waals surface area contributed by atoms with Crippen molar-refractivity contribution in [3.8, 4) is 0 Å². The summed E-state index contributed by atoms with van der Waals surface area (Å²) in [6.07, 6.45) is 5.62. The monoisotopic (exact) mass is 320 g/mol. The second-order valence-electron chi connectivity index (χ2n) is 5.05. The number of hydrazine groups is 1. The minimum absolute atomic E-state index is 0.0480. The minimum atomic E-state index is -0.0480. The number of rotatable bonds is 4. The number of nitrogens with two attached hydrogens (primary N) is 1. The van der Waals surface area contributed by atoms with E-state index in [1.165, 1.54) is 30.4 Å². The quantitative estimate of drug-likeness (QED) is 0.664. The van der Waals surface area contributed by atoms with Gasteiger partial charge in [0.05, 0.1) is 12.3 Å². The van der Waals surface area contributed by atoms with E-state index in [2.05, 4.69) is 45.6 Å². The predicted octanol–water partition coefficient (Wildman–Crippen LogP) is 3.86. The van der Waals surface area contributed by atoms with Gasteiger partial charge < -0.3 is 4.42 Å². The third kappa shape index (κ3) is 2.48. The zero-order valence-corrected chi connectivity index (χ0v) is 12.2. The lowest BCUT2D eigenvalue weighted by atomic mass is 9.79. The van der Waals surface area contributed by atoms with Gasteiger partial charge in [-0.15, -0.1) is 0 Å². The zero-order chi connectivity index (χ0) is 13.2. The number of hydrogen-bond donors (Lipinski definition) is 2. The van der Waals surface area contributed by atoms with Gasteiger partial charge in [0, 0.05) is 5.56 Å². The molecule has 0 saturated heterocycles. The second kappa shape index (κ2) is 5.49. The van der Waals surface area contributed by atoms with Gasteiger partial charge in [-0.2, -0.15) is 0 Å². The molecule has 1 fully saturated rings. The van der Waals surface area contributed by atoms with Crippen LogP contribution in [0.4, 0.5) is 0 Å². The normalized spacial score (nSPS) is 17.2. The molecule has 4 heteroatoms. The van der Waals surface area contributed by atoms with Crippen molar-refractivity contribution in [3.63, 3.8) is 0 Å². The summed E-state index contributed by atoms with van der Waals surface area (Å²) in [4.78, 5) is 0. The molecule has 0 spiro atoms. The molecule has 0 radical (unpaired) electrons. The van der Waals surface area contributed by atoms with Crippen molar-refractivity contribution in [1.29, 1.82) is 0 Å². The summed E-state index contributed by atoms with van der Waals surface area (Å²) in [7, 11) is 0. The SMILES string of the molecule is NNC(c1cccc(C2CCC2)c1)c1ccoc1Br. The topological polar surface area (TPSA) is 51.2 Å². The van der Waals surface area contributed by atoms with Gasteiger partial charge in [0.15, 0.2) is 4.67 Å². The van der Waals surface area contributed by atoms with E-state index in [1.54, 1.807) is 6.26 Å². The Kier molecular flexibility index (Phi) is 3.73. The lowest BCUT2D eigenvalue weighted by molar-refractivity contribution is 0.419. The lowest BCUT2D eigenvalue weighted by Crippen LogP contribution is -2.29. The van der Waals surface area contributed by atoms with E-state index in [9.17, 15) is 0 Å². The van der Waals surface area contributed by atoms with Crippen molar-refractivity contribution >= 4 is 15.9 Å². The Morgan fingerprint density at radius 1 is 1.32 bits per heavy atom. The Bertz CT molecular complexity index is 563. The maximum Gasteiger partial charge on any atom is 0.174 e. The Hall–Kier alpha value is -1.10. The van der Waals surface area contributed by atoms with E-state index in [1.807, 2.05) is 6.07 Å². The van der Waals surface area contributed by atoms with Gasteiger partial charge >= 0.3 is 0 Å². The molecule has 0 amide bonds. The molecule has 3 N–H and O–H groups in total. The van der Waals surface area contributed by atoms with Crippen molar-refractivity contribution < 1.29 is 4.42 Å². The van der Waals surface area contributed by atoms with Crippen LogP contribution in [-0.2, 0) is 0 Å². The fourth-order valence-electron chi connectivity index (χ4n) is 2.61. The smallest absolute Gasteiger partial charge is 0.174 e. The Labute approximate surface area is 121 Å². The van der Waals surface area contributed by atoms with E-state index in [-0.39, 0.29) is 6.04 Å². The highest BCUT2D eigenvalue weighted by molar-refractivity contribution is 9.10. The van der Waals surface area contributed by atoms with Crippen LogP contribution in [0.2, 0.25) is 0 Å². The zero-order valence-electron chi connectivity index (χ0n) is 10.6. The van der Waals surface area contributed by atoms with Crippen molar-refractivity contribution in [2.24, 2.45) is 5.84 Å². The molecule has 1 heterocycles. The van der Waals surface area contributed by atoms with Crippen LogP contribution in [0.5, 0.6) is 0 Å². The van der Waals surface area contributed by atoms with Crippen molar-refractivity contribution in [3.05, 3.63) is 58.0 Å². The van der Waals surface area contributed by atoms with E-state index in [0.717, 1.165) is 16.2 Å². The van der Waals surface area contributed by atoms with E-state index < -0.39 is 0 Å². The van der Waals surface area contributed by atoms with Crippen LogP contribution in [0.25, 0.3) is 0 Å². The van der Waals surface area contributed by atoms with Gasteiger partial charge in [-0.05, 0) is 51.9 Å². The number of furan rings is 1. The molecule has 1 aliphatic carbocycles. The summed E-state index contributed by atoms with van der Waals surface area (Å²) in [5, 5.41) is 0. The number of nitrogens with one attached hydrogen (secondary N) is 1. The van der Waals surface area contributed by atoms with Gasteiger partial charge in [0.2, 0.25) is 0 Å². The highest BCUT2D eigenvalue weighted by Crippen LogP contribution is 2.38. The Balaban J connectivity index is 1.93. The van der Waals surface area contributed by atoms with E-state index >= 15 is 0 Å². The Morgan fingerprint density at radius 2 is 2.16 bits per heavy atom. The number of halogens is 1. The van der Waals surface area contributed by atoms with Gasteiger partial charge in [-0.25, -0.2) is 5.43 Å². The first-order valence-corrected chi connectivity index (χ1v) is 7.38. The van der Waals surface area contributed by atoms with Crippen LogP contribution in [0, 0.1) is 0 Å². The molecule has 1 unspecified atom stereocenters. The van der Waals surface area contributed by atoms with Crippen LogP contribution in [0.1, 0.15) is 47.9 Å². The maximum atomic E-state index is 5.73. The van der Waals surface area contributed by atoms with Gasteiger partial charge in [-0.3, -0.25) is 5.84 Å². The van der Waals surface area contributed by atoms with Crippen LogP contribution in [-0.4, -0.2) is 0 Å². The lowest BCUT2D eigenvalue weighted by Gasteiger charge is -2.27. The summed E-state index contributed by atoms with van der Waals surface area (Å²) in [5.74, 6) is 6.45. The molecule has 1 aromatic carbocycles. The summed E-state index contributed by atoms with van der Waals surface area (Å²) >= 11 is 3.42. The van der Waals surface area contributed by atoms with Crippen LogP contribution in [0.3, 0.4) is 0 Å². The molecule has 1 saturated carbocycles. The summed E-state index contributed by atoms with van der Waals surface area (Å²) in [5.41, 5.74) is 6.49. The molecule has 19 heavy (non-hydrogen) atoms. The fraction of sp³-hybridized carbons (Fsp3) is 0.333. The molecule has 3 nitrogen and oxygen atoms in total.